The highest BCUT2D eigenvalue weighted by Crippen LogP contribution is 2.24. The first-order valence-electron chi connectivity index (χ1n) is 5.33. The first-order valence-corrected chi connectivity index (χ1v) is 6.21. The number of fused-ring (bicyclic) bond motifs is 1. The average Bonchev–Trinajstić information content (AvgIpc) is 2.78. The molecule has 0 fully saturated rings. The fraction of sp³-hybridized carbons (Fsp3) is 0.364. The zero-order chi connectivity index (χ0) is 12.3. The van der Waals surface area contributed by atoms with E-state index in [0.717, 1.165) is 10.7 Å². The lowest BCUT2D eigenvalue weighted by Gasteiger charge is -2.09. The van der Waals surface area contributed by atoms with E-state index in [0.29, 0.717) is 6.61 Å². The molecule has 0 aromatic carbocycles. The Labute approximate surface area is 103 Å². The molecule has 0 aliphatic carbocycles. The zero-order valence-corrected chi connectivity index (χ0v) is 10.5. The molecule has 0 saturated heterocycles. The Kier molecular flexibility index (Phi) is 3.63. The van der Waals surface area contributed by atoms with E-state index in [2.05, 4.69) is 9.97 Å². The van der Waals surface area contributed by atoms with E-state index < -0.39 is 0 Å². The highest BCUT2D eigenvalue weighted by atomic mass is 32.2. The van der Waals surface area contributed by atoms with Gasteiger partial charge < -0.3 is 9.14 Å². The van der Waals surface area contributed by atoms with Gasteiger partial charge in [0.05, 0.1) is 6.61 Å². The SMILES string of the molecule is CCOC(=O)[C@H](C)Sc1nccn2ccnc12. The minimum absolute atomic E-state index is 0.229. The molecule has 2 rings (SSSR count). The van der Waals surface area contributed by atoms with E-state index in [9.17, 15) is 4.79 Å². The second-order valence-corrected chi connectivity index (χ2v) is 4.73. The Morgan fingerprint density at radius 1 is 1.47 bits per heavy atom. The Balaban J connectivity index is 2.18. The molecular formula is C11H13N3O2S. The second-order valence-electron chi connectivity index (χ2n) is 3.40. The summed E-state index contributed by atoms with van der Waals surface area (Å²) in [7, 11) is 0. The molecule has 0 amide bonds. The normalized spacial score (nSPS) is 12.6. The minimum Gasteiger partial charge on any atom is -0.465 e. The number of esters is 1. The van der Waals surface area contributed by atoms with Crippen LogP contribution in [0, 0.1) is 0 Å². The van der Waals surface area contributed by atoms with E-state index in [4.69, 9.17) is 4.74 Å². The summed E-state index contributed by atoms with van der Waals surface area (Å²) in [6.07, 6.45) is 7.06. The first-order chi connectivity index (χ1) is 8.22. The van der Waals surface area contributed by atoms with Crippen molar-refractivity contribution in [3.8, 4) is 0 Å². The number of rotatable bonds is 4. The van der Waals surface area contributed by atoms with Gasteiger partial charge in [-0.25, -0.2) is 9.97 Å². The lowest BCUT2D eigenvalue weighted by atomic mass is 10.5. The van der Waals surface area contributed by atoms with Gasteiger partial charge in [-0.3, -0.25) is 4.79 Å². The number of nitrogens with zero attached hydrogens (tertiary/aromatic N) is 3. The molecule has 90 valence electrons. The van der Waals surface area contributed by atoms with Crippen LogP contribution in [0.4, 0.5) is 0 Å². The highest BCUT2D eigenvalue weighted by molar-refractivity contribution is 8.00. The summed E-state index contributed by atoms with van der Waals surface area (Å²) >= 11 is 1.36. The molecular weight excluding hydrogens is 238 g/mol. The standard InChI is InChI=1S/C11H13N3O2S/c1-3-16-11(15)8(2)17-10-9-12-4-6-14(9)7-5-13-10/h4-8H,3H2,1-2H3/t8-/m0/s1. The van der Waals surface area contributed by atoms with Crippen molar-refractivity contribution in [2.75, 3.05) is 6.61 Å². The smallest absolute Gasteiger partial charge is 0.319 e. The average molecular weight is 251 g/mol. The van der Waals surface area contributed by atoms with Gasteiger partial charge in [-0.05, 0) is 13.8 Å². The van der Waals surface area contributed by atoms with E-state index in [1.807, 2.05) is 16.8 Å². The van der Waals surface area contributed by atoms with Crippen molar-refractivity contribution in [2.45, 2.75) is 24.1 Å². The molecule has 5 nitrogen and oxygen atoms in total. The largest absolute Gasteiger partial charge is 0.465 e. The number of carbonyl (C=O) groups excluding carboxylic acids is 1. The highest BCUT2D eigenvalue weighted by Gasteiger charge is 2.18. The molecule has 17 heavy (non-hydrogen) atoms. The maximum atomic E-state index is 11.5. The van der Waals surface area contributed by atoms with Crippen LogP contribution in [0.5, 0.6) is 0 Å². The monoisotopic (exact) mass is 251 g/mol. The van der Waals surface area contributed by atoms with Crippen LogP contribution in [-0.2, 0) is 9.53 Å². The maximum absolute atomic E-state index is 11.5. The van der Waals surface area contributed by atoms with Crippen molar-refractivity contribution in [1.82, 2.24) is 14.4 Å². The van der Waals surface area contributed by atoms with Crippen LogP contribution in [0.1, 0.15) is 13.8 Å². The van der Waals surface area contributed by atoms with Crippen LogP contribution in [0.25, 0.3) is 5.65 Å². The van der Waals surface area contributed by atoms with E-state index in [1.54, 1.807) is 26.2 Å². The lowest BCUT2D eigenvalue weighted by Crippen LogP contribution is -2.17. The van der Waals surface area contributed by atoms with Crippen LogP contribution in [-0.4, -0.2) is 32.2 Å². The van der Waals surface area contributed by atoms with Crippen LogP contribution in [0.3, 0.4) is 0 Å². The number of aromatic nitrogens is 3. The molecule has 0 saturated carbocycles. The van der Waals surface area contributed by atoms with Gasteiger partial charge in [-0.15, -0.1) is 0 Å². The van der Waals surface area contributed by atoms with E-state index >= 15 is 0 Å². The summed E-state index contributed by atoms with van der Waals surface area (Å²) in [5.41, 5.74) is 0.758. The van der Waals surface area contributed by atoms with E-state index in [-0.39, 0.29) is 11.2 Å². The zero-order valence-electron chi connectivity index (χ0n) is 9.66. The van der Waals surface area contributed by atoms with Crippen molar-refractivity contribution in [3.63, 3.8) is 0 Å². The second kappa shape index (κ2) is 5.18. The van der Waals surface area contributed by atoms with Gasteiger partial charge in [0.1, 0.15) is 10.3 Å². The molecule has 0 aliphatic rings. The van der Waals surface area contributed by atoms with Gasteiger partial charge in [0.15, 0.2) is 5.65 Å². The van der Waals surface area contributed by atoms with Crippen molar-refractivity contribution >= 4 is 23.4 Å². The number of thioether (sulfide) groups is 1. The van der Waals surface area contributed by atoms with Crippen LogP contribution in [0.15, 0.2) is 29.8 Å². The molecule has 6 heteroatoms. The van der Waals surface area contributed by atoms with Gasteiger partial charge in [0.25, 0.3) is 0 Å². The van der Waals surface area contributed by atoms with Gasteiger partial charge >= 0.3 is 5.97 Å². The molecule has 1 atom stereocenters. The molecule has 0 N–H and O–H groups in total. The molecule has 2 aromatic rings. The summed E-state index contributed by atoms with van der Waals surface area (Å²) < 4.78 is 6.82. The lowest BCUT2D eigenvalue weighted by molar-refractivity contribution is -0.142. The van der Waals surface area contributed by atoms with Gasteiger partial charge in [-0.2, -0.15) is 0 Å². The molecule has 0 unspecified atom stereocenters. The fourth-order valence-corrected chi connectivity index (χ4v) is 2.27. The van der Waals surface area contributed by atoms with Crippen LogP contribution >= 0.6 is 11.8 Å². The minimum atomic E-state index is -0.287. The molecule has 2 aromatic heterocycles. The van der Waals surface area contributed by atoms with Crippen molar-refractivity contribution < 1.29 is 9.53 Å². The molecule has 0 bridgehead atoms. The topological polar surface area (TPSA) is 56.5 Å². The summed E-state index contributed by atoms with van der Waals surface area (Å²) in [4.78, 5) is 20.0. The maximum Gasteiger partial charge on any atom is 0.319 e. The Hall–Kier alpha value is -1.56. The first kappa shape index (κ1) is 11.9. The fourth-order valence-electron chi connectivity index (χ4n) is 1.39. The number of ether oxygens (including phenoxy) is 1. The Bertz CT molecular complexity index is 526. The summed E-state index contributed by atoms with van der Waals surface area (Å²) in [5.74, 6) is -0.229. The summed E-state index contributed by atoms with van der Waals surface area (Å²) in [5, 5.41) is 0.448. The Morgan fingerprint density at radius 2 is 2.18 bits per heavy atom. The van der Waals surface area contributed by atoms with Crippen LogP contribution in [0.2, 0.25) is 0 Å². The number of hydrogen-bond donors (Lipinski definition) is 0. The van der Waals surface area contributed by atoms with Crippen molar-refractivity contribution in [2.24, 2.45) is 0 Å². The van der Waals surface area contributed by atoms with Gasteiger partial charge in [0, 0.05) is 24.8 Å². The van der Waals surface area contributed by atoms with Crippen molar-refractivity contribution in [1.29, 1.82) is 0 Å². The number of imidazole rings is 1. The Morgan fingerprint density at radius 3 is 2.88 bits per heavy atom. The van der Waals surface area contributed by atoms with Gasteiger partial charge in [-0.1, -0.05) is 11.8 Å². The van der Waals surface area contributed by atoms with Gasteiger partial charge in [0.2, 0.25) is 0 Å². The van der Waals surface area contributed by atoms with Crippen molar-refractivity contribution in [3.05, 3.63) is 24.8 Å². The van der Waals surface area contributed by atoms with E-state index in [1.165, 1.54) is 11.8 Å². The third-order valence-electron chi connectivity index (χ3n) is 2.19. The molecule has 2 heterocycles. The third kappa shape index (κ3) is 2.58. The third-order valence-corrected chi connectivity index (χ3v) is 3.24. The molecule has 0 spiro atoms. The number of hydrogen-bond acceptors (Lipinski definition) is 5. The molecule has 0 aliphatic heterocycles. The summed E-state index contributed by atoms with van der Waals surface area (Å²) in [6.45, 7) is 3.99. The van der Waals surface area contributed by atoms with Crippen LogP contribution < -0.4 is 0 Å². The predicted octanol–water partition coefficient (Wildman–Crippen LogP) is 1.77. The predicted molar refractivity (Wildman–Crippen MR) is 64.9 cm³/mol. The molecule has 0 radical (unpaired) electrons. The quantitative estimate of drug-likeness (QED) is 0.612. The summed E-state index contributed by atoms with van der Waals surface area (Å²) in [6, 6.07) is 0. The number of carbonyl (C=O) groups is 1.